The summed E-state index contributed by atoms with van der Waals surface area (Å²) in [5.41, 5.74) is 2.46. The summed E-state index contributed by atoms with van der Waals surface area (Å²) < 4.78 is 38.2. The van der Waals surface area contributed by atoms with Gasteiger partial charge in [-0.05, 0) is 49.4 Å². The van der Waals surface area contributed by atoms with Gasteiger partial charge in [-0.3, -0.25) is 4.79 Å². The Morgan fingerprint density at radius 2 is 2.18 bits per heavy atom. The lowest BCUT2D eigenvalue weighted by Crippen LogP contribution is -2.42. The molecule has 0 radical (unpaired) electrons. The van der Waals surface area contributed by atoms with Crippen LogP contribution in [-0.2, 0) is 39.1 Å². The molecule has 0 bridgehead atoms. The van der Waals surface area contributed by atoms with Gasteiger partial charge >= 0.3 is 0 Å². The van der Waals surface area contributed by atoms with Crippen molar-refractivity contribution in [2.45, 2.75) is 50.3 Å². The third kappa shape index (κ3) is 3.96. The van der Waals surface area contributed by atoms with Gasteiger partial charge in [0.05, 0.1) is 17.1 Å². The fourth-order valence-corrected chi connectivity index (χ4v) is 4.66. The standard InChI is InChI=1S/C19H23N3O5S/c1-13-9-16(21-27-13)11-20-28(24,25)17-5-4-15-12-22(7-6-14(15)10-17)19(23)18-3-2-8-26-18/h4-5,9-10,18,20H,2-3,6-8,11-12H2,1H3. The summed E-state index contributed by atoms with van der Waals surface area (Å²) >= 11 is 0. The van der Waals surface area contributed by atoms with E-state index in [0.29, 0.717) is 37.6 Å². The maximum Gasteiger partial charge on any atom is 0.252 e. The van der Waals surface area contributed by atoms with Crippen LogP contribution in [0.4, 0.5) is 0 Å². The van der Waals surface area contributed by atoms with E-state index in [2.05, 4.69) is 9.88 Å². The highest BCUT2D eigenvalue weighted by atomic mass is 32.2. The van der Waals surface area contributed by atoms with E-state index in [1.807, 2.05) is 0 Å². The van der Waals surface area contributed by atoms with Crippen LogP contribution < -0.4 is 4.72 Å². The number of nitrogens with zero attached hydrogens (tertiary/aromatic N) is 2. The first-order chi connectivity index (χ1) is 13.4. The van der Waals surface area contributed by atoms with Gasteiger partial charge in [-0.2, -0.15) is 0 Å². The fourth-order valence-electron chi connectivity index (χ4n) is 3.61. The average Bonchev–Trinajstić information content (AvgIpc) is 3.37. The van der Waals surface area contributed by atoms with Crippen LogP contribution in [-0.4, -0.2) is 43.6 Å². The number of nitrogens with one attached hydrogen (secondary N) is 1. The summed E-state index contributed by atoms with van der Waals surface area (Å²) in [6.45, 7) is 3.52. The lowest BCUT2D eigenvalue weighted by molar-refractivity contribution is -0.141. The number of carbonyl (C=O) groups is 1. The molecule has 1 amide bonds. The van der Waals surface area contributed by atoms with Crippen molar-refractivity contribution in [2.75, 3.05) is 13.2 Å². The highest BCUT2D eigenvalue weighted by Gasteiger charge is 2.30. The molecule has 1 N–H and O–H groups in total. The van der Waals surface area contributed by atoms with Gasteiger partial charge < -0.3 is 14.2 Å². The van der Waals surface area contributed by atoms with E-state index in [1.165, 1.54) is 0 Å². The van der Waals surface area contributed by atoms with Crippen LogP contribution in [0, 0.1) is 6.92 Å². The number of aryl methyl sites for hydroxylation is 1. The lowest BCUT2D eigenvalue weighted by atomic mass is 9.99. The van der Waals surface area contributed by atoms with Gasteiger partial charge in [0, 0.05) is 25.8 Å². The number of hydrogen-bond donors (Lipinski definition) is 1. The molecule has 28 heavy (non-hydrogen) atoms. The number of hydrogen-bond acceptors (Lipinski definition) is 6. The van der Waals surface area contributed by atoms with Crippen molar-refractivity contribution in [3.05, 3.63) is 46.8 Å². The molecule has 1 fully saturated rings. The topological polar surface area (TPSA) is 102 Å². The zero-order valence-electron chi connectivity index (χ0n) is 15.7. The summed E-state index contributed by atoms with van der Waals surface area (Å²) in [6, 6.07) is 6.75. The first-order valence-corrected chi connectivity index (χ1v) is 10.8. The second kappa shape index (κ2) is 7.65. The van der Waals surface area contributed by atoms with Crippen LogP contribution >= 0.6 is 0 Å². The lowest BCUT2D eigenvalue weighted by Gasteiger charge is -2.30. The highest BCUT2D eigenvalue weighted by Crippen LogP contribution is 2.25. The van der Waals surface area contributed by atoms with Crippen molar-refractivity contribution in [3.63, 3.8) is 0 Å². The molecule has 0 saturated carbocycles. The van der Waals surface area contributed by atoms with Crippen molar-refractivity contribution in [3.8, 4) is 0 Å². The molecule has 4 rings (SSSR count). The Hall–Kier alpha value is -2.23. The van der Waals surface area contributed by atoms with Gasteiger partial charge in [0.25, 0.3) is 5.91 Å². The van der Waals surface area contributed by atoms with E-state index in [-0.39, 0.29) is 23.5 Å². The third-order valence-corrected chi connectivity index (χ3v) is 6.54. The Labute approximate surface area is 163 Å². The molecule has 1 aromatic heterocycles. The second-order valence-electron chi connectivity index (χ2n) is 7.20. The van der Waals surface area contributed by atoms with Crippen molar-refractivity contribution < 1.29 is 22.5 Å². The molecule has 0 spiro atoms. The molecule has 1 saturated heterocycles. The Bertz CT molecular complexity index is 979. The number of fused-ring (bicyclic) bond motifs is 1. The van der Waals surface area contributed by atoms with Crippen LogP contribution in [0.5, 0.6) is 0 Å². The van der Waals surface area contributed by atoms with Gasteiger partial charge in [0.2, 0.25) is 10.0 Å². The summed E-state index contributed by atoms with van der Waals surface area (Å²) in [6.07, 6.45) is 1.99. The van der Waals surface area contributed by atoms with Gasteiger partial charge in [-0.15, -0.1) is 0 Å². The fraction of sp³-hybridized carbons (Fsp3) is 0.474. The summed E-state index contributed by atoms with van der Waals surface area (Å²) in [4.78, 5) is 14.6. The number of aromatic nitrogens is 1. The van der Waals surface area contributed by atoms with E-state index in [1.54, 1.807) is 36.1 Å². The van der Waals surface area contributed by atoms with Gasteiger partial charge in [-0.1, -0.05) is 11.2 Å². The molecule has 0 aliphatic carbocycles. The Balaban J connectivity index is 1.44. The normalized spacial score (nSPS) is 19.6. The molecule has 1 atom stereocenters. The van der Waals surface area contributed by atoms with Gasteiger partial charge in [0.15, 0.2) is 0 Å². The Kier molecular flexibility index (Phi) is 5.22. The predicted octanol–water partition coefficient (Wildman–Crippen LogP) is 1.53. The zero-order valence-corrected chi connectivity index (χ0v) is 16.5. The number of benzene rings is 1. The summed E-state index contributed by atoms with van der Waals surface area (Å²) in [5.74, 6) is 0.662. The average molecular weight is 405 g/mol. The van der Waals surface area contributed by atoms with Gasteiger partial charge in [0.1, 0.15) is 11.9 Å². The van der Waals surface area contributed by atoms with Crippen molar-refractivity contribution in [1.29, 1.82) is 0 Å². The van der Waals surface area contributed by atoms with Crippen LogP contribution in [0.2, 0.25) is 0 Å². The molecule has 1 aromatic carbocycles. The molecule has 9 heteroatoms. The van der Waals surface area contributed by atoms with Crippen molar-refractivity contribution >= 4 is 15.9 Å². The van der Waals surface area contributed by atoms with Crippen LogP contribution in [0.25, 0.3) is 0 Å². The maximum absolute atomic E-state index is 12.6. The molecular weight excluding hydrogens is 382 g/mol. The van der Waals surface area contributed by atoms with Crippen molar-refractivity contribution in [1.82, 2.24) is 14.8 Å². The predicted molar refractivity (Wildman–Crippen MR) is 99.8 cm³/mol. The molecule has 3 heterocycles. The van der Waals surface area contributed by atoms with E-state index < -0.39 is 10.0 Å². The number of carbonyl (C=O) groups excluding carboxylic acids is 1. The Morgan fingerprint density at radius 3 is 2.89 bits per heavy atom. The minimum atomic E-state index is -3.66. The molecule has 2 aliphatic rings. The van der Waals surface area contributed by atoms with Crippen LogP contribution in [0.1, 0.15) is 35.4 Å². The second-order valence-corrected chi connectivity index (χ2v) is 8.96. The monoisotopic (exact) mass is 405 g/mol. The largest absolute Gasteiger partial charge is 0.368 e. The molecule has 2 aliphatic heterocycles. The smallest absolute Gasteiger partial charge is 0.252 e. The number of rotatable bonds is 5. The summed E-state index contributed by atoms with van der Waals surface area (Å²) in [7, 11) is -3.66. The number of sulfonamides is 1. The minimum Gasteiger partial charge on any atom is -0.368 e. The van der Waals surface area contributed by atoms with Crippen molar-refractivity contribution in [2.24, 2.45) is 0 Å². The van der Waals surface area contributed by atoms with Crippen LogP contribution in [0.15, 0.2) is 33.7 Å². The van der Waals surface area contributed by atoms with E-state index in [9.17, 15) is 13.2 Å². The highest BCUT2D eigenvalue weighted by molar-refractivity contribution is 7.89. The number of ether oxygens (including phenoxy) is 1. The van der Waals surface area contributed by atoms with Gasteiger partial charge in [-0.25, -0.2) is 13.1 Å². The SMILES string of the molecule is Cc1cc(CNS(=O)(=O)c2ccc3c(c2)CCN(C(=O)C2CCCO2)C3)no1. The molecule has 150 valence electrons. The quantitative estimate of drug-likeness (QED) is 0.809. The molecular formula is C19H23N3O5S. The third-order valence-electron chi connectivity index (χ3n) is 5.14. The first-order valence-electron chi connectivity index (χ1n) is 9.36. The maximum atomic E-state index is 12.6. The van der Waals surface area contributed by atoms with E-state index in [4.69, 9.17) is 9.26 Å². The molecule has 1 unspecified atom stereocenters. The summed E-state index contributed by atoms with van der Waals surface area (Å²) in [5, 5.41) is 3.79. The minimum absolute atomic E-state index is 0.0319. The first kappa shape index (κ1) is 19.1. The molecule has 2 aromatic rings. The molecule has 8 nitrogen and oxygen atoms in total. The van der Waals surface area contributed by atoms with Crippen LogP contribution in [0.3, 0.4) is 0 Å². The van der Waals surface area contributed by atoms with E-state index >= 15 is 0 Å². The zero-order chi connectivity index (χ0) is 19.7. The Morgan fingerprint density at radius 1 is 1.32 bits per heavy atom. The number of amides is 1. The van der Waals surface area contributed by atoms with E-state index in [0.717, 1.165) is 24.0 Å².